The van der Waals surface area contributed by atoms with Crippen LogP contribution in [0.5, 0.6) is 5.75 Å². The van der Waals surface area contributed by atoms with Gasteiger partial charge in [-0.3, -0.25) is 0 Å². The fourth-order valence-corrected chi connectivity index (χ4v) is 4.34. The lowest BCUT2D eigenvalue weighted by molar-refractivity contribution is 0.413. The molecule has 0 aliphatic heterocycles. The molecular formula is C28H30O. The Balaban J connectivity index is 1.68. The first-order chi connectivity index (χ1) is 14.0. The quantitative estimate of drug-likeness (QED) is 0.459. The second kappa shape index (κ2) is 8.29. The molecule has 0 aromatic heterocycles. The van der Waals surface area contributed by atoms with Crippen molar-refractivity contribution in [2.45, 2.75) is 46.5 Å². The van der Waals surface area contributed by atoms with Gasteiger partial charge in [-0.05, 0) is 103 Å². The molecule has 0 amide bonds. The van der Waals surface area contributed by atoms with Gasteiger partial charge < -0.3 is 4.74 Å². The molecule has 0 spiro atoms. The topological polar surface area (TPSA) is 9.23 Å². The van der Waals surface area contributed by atoms with Crippen LogP contribution in [0.3, 0.4) is 0 Å². The highest BCUT2D eigenvalue weighted by Gasteiger charge is 2.14. The lowest BCUT2D eigenvalue weighted by Gasteiger charge is -2.19. The Bertz CT molecular complexity index is 1000. The van der Waals surface area contributed by atoms with Gasteiger partial charge >= 0.3 is 0 Å². The summed E-state index contributed by atoms with van der Waals surface area (Å²) in [4.78, 5) is 0. The van der Waals surface area contributed by atoms with Crippen molar-refractivity contribution in [2.75, 3.05) is 7.11 Å². The fraction of sp³-hybridized carbons (Fsp3) is 0.286. The minimum absolute atomic E-state index is 0.989. The summed E-state index contributed by atoms with van der Waals surface area (Å²) >= 11 is 0. The van der Waals surface area contributed by atoms with E-state index >= 15 is 0 Å². The Hall–Kier alpha value is -2.80. The third kappa shape index (κ3) is 4.29. The number of ether oxygens (including phenoxy) is 1. The van der Waals surface area contributed by atoms with Crippen LogP contribution < -0.4 is 4.74 Å². The molecule has 1 aliphatic carbocycles. The lowest BCUT2D eigenvalue weighted by atomic mass is 9.87. The Morgan fingerprint density at radius 3 is 1.55 bits per heavy atom. The van der Waals surface area contributed by atoms with Gasteiger partial charge in [0.15, 0.2) is 0 Å². The van der Waals surface area contributed by atoms with Crippen LogP contribution in [0.4, 0.5) is 0 Å². The van der Waals surface area contributed by atoms with Crippen LogP contribution in [0.2, 0.25) is 0 Å². The van der Waals surface area contributed by atoms with E-state index in [-0.39, 0.29) is 0 Å². The van der Waals surface area contributed by atoms with Crippen LogP contribution in [0.25, 0.3) is 12.2 Å². The molecule has 0 saturated carbocycles. The molecule has 0 saturated heterocycles. The number of aryl methyl sites for hydroxylation is 5. The van der Waals surface area contributed by atoms with Crippen molar-refractivity contribution >= 4 is 12.2 Å². The highest BCUT2D eigenvalue weighted by Crippen LogP contribution is 2.29. The molecule has 1 aliphatic rings. The van der Waals surface area contributed by atoms with Crippen molar-refractivity contribution in [1.29, 1.82) is 0 Å². The second-order valence-corrected chi connectivity index (χ2v) is 8.28. The molecule has 1 heteroatoms. The Kier molecular flexibility index (Phi) is 5.58. The molecule has 148 valence electrons. The second-order valence-electron chi connectivity index (χ2n) is 8.28. The van der Waals surface area contributed by atoms with Crippen molar-refractivity contribution in [3.63, 3.8) is 0 Å². The van der Waals surface area contributed by atoms with Crippen LogP contribution >= 0.6 is 0 Å². The van der Waals surface area contributed by atoms with Crippen LogP contribution in [0, 0.1) is 20.8 Å². The van der Waals surface area contributed by atoms with Gasteiger partial charge in [0.1, 0.15) is 5.75 Å². The summed E-state index contributed by atoms with van der Waals surface area (Å²) in [5, 5.41) is 0. The normalized spacial score (nSPS) is 13.5. The van der Waals surface area contributed by atoms with E-state index in [0.29, 0.717) is 0 Å². The SMILES string of the molecule is COc1cc2c(C)c(c1)CCc1cc(/C=C\c3ccc(C)cc3)cc(c1C)CC2. The summed E-state index contributed by atoms with van der Waals surface area (Å²) in [6.45, 7) is 6.69. The van der Waals surface area contributed by atoms with E-state index in [1.807, 2.05) is 0 Å². The first-order valence-corrected chi connectivity index (χ1v) is 10.6. The van der Waals surface area contributed by atoms with Crippen LogP contribution in [0.15, 0.2) is 48.5 Å². The van der Waals surface area contributed by atoms with Crippen LogP contribution in [-0.2, 0) is 25.7 Å². The monoisotopic (exact) mass is 382 g/mol. The summed E-state index contributed by atoms with van der Waals surface area (Å²) in [5.41, 5.74) is 12.5. The first-order valence-electron chi connectivity index (χ1n) is 10.6. The zero-order valence-corrected chi connectivity index (χ0v) is 18.0. The van der Waals surface area contributed by atoms with E-state index in [1.54, 1.807) is 7.11 Å². The van der Waals surface area contributed by atoms with Gasteiger partial charge in [-0.15, -0.1) is 0 Å². The minimum Gasteiger partial charge on any atom is -0.497 e. The maximum atomic E-state index is 5.56. The van der Waals surface area contributed by atoms with E-state index in [1.165, 1.54) is 50.1 Å². The van der Waals surface area contributed by atoms with Gasteiger partial charge in [0, 0.05) is 0 Å². The summed E-state index contributed by atoms with van der Waals surface area (Å²) in [6, 6.07) is 17.9. The van der Waals surface area contributed by atoms with E-state index < -0.39 is 0 Å². The molecule has 4 rings (SSSR count). The molecule has 3 aromatic rings. The van der Waals surface area contributed by atoms with E-state index in [2.05, 4.69) is 81.5 Å². The Morgan fingerprint density at radius 2 is 1.07 bits per heavy atom. The van der Waals surface area contributed by atoms with Crippen molar-refractivity contribution in [3.05, 3.63) is 98.6 Å². The highest BCUT2D eigenvalue weighted by molar-refractivity contribution is 5.70. The number of hydrogen-bond donors (Lipinski definition) is 0. The maximum Gasteiger partial charge on any atom is 0.119 e. The van der Waals surface area contributed by atoms with Crippen LogP contribution in [-0.4, -0.2) is 7.11 Å². The van der Waals surface area contributed by atoms with Crippen molar-refractivity contribution in [2.24, 2.45) is 0 Å². The Morgan fingerprint density at radius 1 is 0.621 bits per heavy atom. The zero-order valence-electron chi connectivity index (χ0n) is 18.0. The van der Waals surface area contributed by atoms with Crippen molar-refractivity contribution in [3.8, 4) is 5.75 Å². The molecule has 3 aromatic carbocycles. The number of benzene rings is 3. The van der Waals surface area contributed by atoms with Crippen LogP contribution in [0.1, 0.15) is 50.1 Å². The van der Waals surface area contributed by atoms with Crippen molar-refractivity contribution < 1.29 is 4.74 Å². The van der Waals surface area contributed by atoms with Gasteiger partial charge in [-0.25, -0.2) is 0 Å². The predicted octanol–water partition coefficient (Wildman–Crippen LogP) is 6.67. The molecule has 1 nitrogen and oxygen atoms in total. The Labute approximate surface area is 175 Å². The van der Waals surface area contributed by atoms with Gasteiger partial charge in [0.05, 0.1) is 7.11 Å². The molecule has 0 N–H and O–H groups in total. The molecule has 0 unspecified atom stereocenters. The van der Waals surface area contributed by atoms with E-state index in [9.17, 15) is 0 Å². The zero-order chi connectivity index (χ0) is 20.4. The van der Waals surface area contributed by atoms with Gasteiger partial charge in [0.25, 0.3) is 0 Å². The number of fused-ring (bicyclic) bond motifs is 4. The van der Waals surface area contributed by atoms with Gasteiger partial charge in [0.2, 0.25) is 0 Å². The smallest absolute Gasteiger partial charge is 0.119 e. The predicted molar refractivity (Wildman–Crippen MR) is 124 cm³/mol. The number of rotatable bonds is 3. The number of methoxy groups -OCH3 is 1. The standard InChI is InChI=1S/C28H30O/c1-19-5-7-22(8-6-19)9-10-23-15-24-11-13-26-17-28(29-4)18-27(21(26)3)14-12-25(16-23)20(24)2/h5-10,15-18H,11-14H2,1-4H3/b10-9-. The average Bonchev–Trinajstić information content (AvgIpc) is 2.73. The largest absolute Gasteiger partial charge is 0.497 e. The molecule has 29 heavy (non-hydrogen) atoms. The first kappa shape index (κ1) is 19.5. The van der Waals surface area contributed by atoms with E-state index in [4.69, 9.17) is 4.74 Å². The van der Waals surface area contributed by atoms with Crippen molar-refractivity contribution in [1.82, 2.24) is 0 Å². The molecule has 0 fully saturated rings. The third-order valence-electron chi connectivity index (χ3n) is 6.35. The molecule has 0 heterocycles. The summed E-state index contributed by atoms with van der Waals surface area (Å²) in [6.07, 6.45) is 8.73. The van der Waals surface area contributed by atoms with Gasteiger partial charge in [-0.1, -0.05) is 54.1 Å². The molecule has 0 atom stereocenters. The molecule has 4 bridgehead atoms. The summed E-state index contributed by atoms with van der Waals surface area (Å²) in [7, 11) is 1.77. The maximum absolute atomic E-state index is 5.56. The molecular weight excluding hydrogens is 352 g/mol. The average molecular weight is 383 g/mol. The van der Waals surface area contributed by atoms with Gasteiger partial charge in [-0.2, -0.15) is 0 Å². The minimum atomic E-state index is 0.989. The molecule has 0 radical (unpaired) electrons. The summed E-state index contributed by atoms with van der Waals surface area (Å²) in [5.74, 6) is 0.989. The third-order valence-corrected chi connectivity index (χ3v) is 6.35. The van der Waals surface area contributed by atoms with E-state index in [0.717, 1.165) is 31.4 Å². The highest BCUT2D eigenvalue weighted by atomic mass is 16.5. The fourth-order valence-electron chi connectivity index (χ4n) is 4.34. The number of hydrogen-bond acceptors (Lipinski definition) is 1. The summed E-state index contributed by atoms with van der Waals surface area (Å²) < 4.78 is 5.56. The lowest BCUT2D eigenvalue weighted by Crippen LogP contribution is -2.07.